The number of pyridine rings is 1. The SMILES string of the molecule is CN(C)C1CCCN(c2nccc(C#N)c2Cl)C1. The highest BCUT2D eigenvalue weighted by molar-refractivity contribution is 6.34. The molecule has 1 aromatic rings. The quantitative estimate of drug-likeness (QED) is 0.821. The zero-order valence-electron chi connectivity index (χ0n) is 10.7. The molecule has 0 radical (unpaired) electrons. The van der Waals surface area contributed by atoms with E-state index in [4.69, 9.17) is 16.9 Å². The van der Waals surface area contributed by atoms with Gasteiger partial charge in [0.05, 0.1) is 5.56 Å². The lowest BCUT2D eigenvalue weighted by molar-refractivity contribution is 0.257. The highest BCUT2D eigenvalue weighted by Gasteiger charge is 2.24. The summed E-state index contributed by atoms with van der Waals surface area (Å²) in [6.07, 6.45) is 3.97. The molecule has 1 unspecified atom stereocenters. The normalized spacial score (nSPS) is 19.9. The number of piperidine rings is 1. The maximum absolute atomic E-state index is 8.99. The van der Waals surface area contributed by atoms with E-state index >= 15 is 0 Å². The van der Waals surface area contributed by atoms with Gasteiger partial charge in [-0.2, -0.15) is 5.26 Å². The maximum atomic E-state index is 8.99. The molecule has 1 aliphatic heterocycles. The third-order valence-corrected chi connectivity index (χ3v) is 3.79. The first-order chi connectivity index (χ1) is 8.63. The third-order valence-electron chi connectivity index (χ3n) is 3.42. The molecule has 1 saturated heterocycles. The Morgan fingerprint density at radius 1 is 1.56 bits per heavy atom. The summed E-state index contributed by atoms with van der Waals surface area (Å²) in [5.74, 6) is 0.738. The molecule has 0 aromatic carbocycles. The van der Waals surface area contributed by atoms with Crippen LogP contribution in [0.15, 0.2) is 12.3 Å². The Morgan fingerprint density at radius 3 is 3.00 bits per heavy atom. The van der Waals surface area contributed by atoms with Gasteiger partial charge >= 0.3 is 0 Å². The van der Waals surface area contributed by atoms with Crippen LogP contribution in [0.2, 0.25) is 5.02 Å². The maximum Gasteiger partial charge on any atom is 0.148 e. The van der Waals surface area contributed by atoms with Crippen LogP contribution < -0.4 is 4.90 Å². The van der Waals surface area contributed by atoms with Gasteiger partial charge in [-0.15, -0.1) is 0 Å². The van der Waals surface area contributed by atoms with E-state index in [1.165, 1.54) is 6.42 Å². The van der Waals surface area contributed by atoms with Crippen molar-refractivity contribution in [2.45, 2.75) is 18.9 Å². The Kier molecular flexibility index (Phi) is 4.05. The van der Waals surface area contributed by atoms with Crippen molar-refractivity contribution in [3.63, 3.8) is 0 Å². The van der Waals surface area contributed by atoms with Crippen molar-refractivity contribution in [3.05, 3.63) is 22.8 Å². The predicted molar refractivity (Wildman–Crippen MR) is 72.9 cm³/mol. The van der Waals surface area contributed by atoms with Crippen molar-refractivity contribution in [2.24, 2.45) is 0 Å². The van der Waals surface area contributed by atoms with Crippen molar-refractivity contribution >= 4 is 17.4 Å². The molecule has 2 heterocycles. The Morgan fingerprint density at radius 2 is 2.33 bits per heavy atom. The Bertz CT molecular complexity index is 467. The van der Waals surface area contributed by atoms with Crippen LogP contribution in [0.5, 0.6) is 0 Å². The molecule has 0 bridgehead atoms. The molecule has 1 aliphatic rings. The fourth-order valence-electron chi connectivity index (χ4n) is 2.31. The first-order valence-electron chi connectivity index (χ1n) is 6.09. The molecule has 4 nitrogen and oxygen atoms in total. The second kappa shape index (κ2) is 5.55. The van der Waals surface area contributed by atoms with Crippen LogP contribution in [0.1, 0.15) is 18.4 Å². The molecular formula is C13H17ClN4. The minimum absolute atomic E-state index is 0.472. The van der Waals surface area contributed by atoms with Gasteiger partial charge in [-0.25, -0.2) is 4.98 Å². The highest BCUT2D eigenvalue weighted by Crippen LogP contribution is 2.29. The molecule has 1 fully saturated rings. The van der Waals surface area contributed by atoms with Gasteiger partial charge in [-0.3, -0.25) is 0 Å². The van der Waals surface area contributed by atoms with E-state index in [1.54, 1.807) is 12.3 Å². The number of nitrogens with zero attached hydrogens (tertiary/aromatic N) is 4. The summed E-state index contributed by atoms with van der Waals surface area (Å²) in [5, 5.41) is 9.46. The number of aromatic nitrogens is 1. The van der Waals surface area contributed by atoms with E-state index in [2.05, 4.69) is 34.9 Å². The minimum Gasteiger partial charge on any atom is -0.354 e. The molecule has 1 aromatic heterocycles. The fraction of sp³-hybridized carbons (Fsp3) is 0.538. The molecule has 0 N–H and O–H groups in total. The fourth-order valence-corrected chi connectivity index (χ4v) is 2.58. The Hall–Kier alpha value is -1.31. The summed E-state index contributed by atoms with van der Waals surface area (Å²) >= 11 is 6.23. The van der Waals surface area contributed by atoms with Crippen LogP contribution in [0.3, 0.4) is 0 Å². The van der Waals surface area contributed by atoms with Crippen molar-refractivity contribution in [1.82, 2.24) is 9.88 Å². The number of halogens is 1. The summed E-state index contributed by atoms with van der Waals surface area (Å²) in [5.41, 5.74) is 0.494. The average Bonchev–Trinajstić information content (AvgIpc) is 2.39. The number of hydrogen-bond acceptors (Lipinski definition) is 4. The van der Waals surface area contributed by atoms with Crippen LogP contribution in [-0.4, -0.2) is 43.1 Å². The third kappa shape index (κ3) is 2.58. The summed E-state index contributed by atoms with van der Waals surface area (Å²) in [7, 11) is 4.18. The molecule has 0 spiro atoms. The first-order valence-corrected chi connectivity index (χ1v) is 6.47. The molecule has 1 atom stereocenters. The lowest BCUT2D eigenvalue weighted by Gasteiger charge is -2.37. The van der Waals surface area contributed by atoms with Gasteiger partial charge in [0, 0.05) is 25.3 Å². The lowest BCUT2D eigenvalue weighted by Crippen LogP contribution is -2.45. The van der Waals surface area contributed by atoms with Gasteiger partial charge in [-0.1, -0.05) is 11.6 Å². The number of hydrogen-bond donors (Lipinski definition) is 0. The second-order valence-electron chi connectivity index (χ2n) is 4.81. The van der Waals surface area contributed by atoms with Crippen LogP contribution >= 0.6 is 11.6 Å². The van der Waals surface area contributed by atoms with Crippen molar-refractivity contribution < 1.29 is 0 Å². The Labute approximate surface area is 113 Å². The molecule has 2 rings (SSSR count). The molecule has 0 amide bonds. The molecule has 0 saturated carbocycles. The molecule has 18 heavy (non-hydrogen) atoms. The topological polar surface area (TPSA) is 43.2 Å². The van der Waals surface area contributed by atoms with E-state index in [9.17, 15) is 0 Å². The highest BCUT2D eigenvalue weighted by atomic mass is 35.5. The zero-order valence-corrected chi connectivity index (χ0v) is 11.5. The second-order valence-corrected chi connectivity index (χ2v) is 5.19. The van der Waals surface area contributed by atoms with E-state index in [0.29, 0.717) is 16.6 Å². The summed E-state index contributed by atoms with van der Waals surface area (Å²) < 4.78 is 0. The van der Waals surface area contributed by atoms with Crippen molar-refractivity contribution in [1.29, 1.82) is 5.26 Å². The summed E-state index contributed by atoms with van der Waals surface area (Å²) in [4.78, 5) is 8.74. The van der Waals surface area contributed by atoms with Gasteiger partial charge in [0.2, 0.25) is 0 Å². The van der Waals surface area contributed by atoms with Gasteiger partial charge in [-0.05, 0) is 33.0 Å². The molecule has 0 aliphatic carbocycles. The number of nitriles is 1. The van der Waals surface area contributed by atoms with Gasteiger partial charge in [0.25, 0.3) is 0 Å². The molecule has 96 valence electrons. The predicted octanol–water partition coefficient (Wildman–Crippen LogP) is 2.14. The number of likely N-dealkylation sites (N-methyl/N-ethyl adjacent to an activating group) is 1. The standard InChI is InChI=1S/C13H17ClN4/c1-17(2)11-4-3-7-18(9-11)13-12(14)10(8-15)5-6-16-13/h5-6,11H,3-4,7,9H2,1-2H3. The minimum atomic E-state index is 0.472. The van der Waals surface area contributed by atoms with Crippen molar-refractivity contribution in [3.8, 4) is 6.07 Å². The smallest absolute Gasteiger partial charge is 0.148 e. The van der Waals surface area contributed by atoms with E-state index in [-0.39, 0.29) is 0 Å². The van der Waals surface area contributed by atoms with E-state index in [1.807, 2.05) is 0 Å². The molecular weight excluding hydrogens is 248 g/mol. The van der Waals surface area contributed by atoms with Crippen molar-refractivity contribution in [2.75, 3.05) is 32.1 Å². The van der Waals surface area contributed by atoms with Gasteiger partial charge < -0.3 is 9.80 Å². The first kappa shape index (κ1) is 13.1. The zero-order chi connectivity index (χ0) is 13.1. The van der Waals surface area contributed by atoms with Crippen LogP contribution in [0.25, 0.3) is 0 Å². The summed E-state index contributed by atoms with van der Waals surface area (Å²) in [6, 6.07) is 4.27. The molecule has 5 heteroatoms. The average molecular weight is 265 g/mol. The van der Waals surface area contributed by atoms with Crippen LogP contribution in [-0.2, 0) is 0 Å². The van der Waals surface area contributed by atoms with E-state index in [0.717, 1.165) is 25.3 Å². The monoisotopic (exact) mass is 264 g/mol. The lowest BCUT2D eigenvalue weighted by atomic mass is 10.0. The summed E-state index contributed by atoms with van der Waals surface area (Å²) in [6.45, 7) is 1.86. The van der Waals surface area contributed by atoms with Crippen LogP contribution in [0, 0.1) is 11.3 Å². The number of anilines is 1. The van der Waals surface area contributed by atoms with Gasteiger partial charge in [0.15, 0.2) is 0 Å². The van der Waals surface area contributed by atoms with Gasteiger partial charge in [0.1, 0.15) is 16.9 Å². The largest absolute Gasteiger partial charge is 0.354 e. The number of rotatable bonds is 2. The Balaban J connectivity index is 2.24. The van der Waals surface area contributed by atoms with Crippen LogP contribution in [0.4, 0.5) is 5.82 Å². The van der Waals surface area contributed by atoms with E-state index < -0.39 is 0 Å².